The molecule has 2 rings (SSSR count). The van der Waals surface area contributed by atoms with Gasteiger partial charge in [-0.1, -0.05) is 25.6 Å². The number of rotatable bonds is 6. The summed E-state index contributed by atoms with van der Waals surface area (Å²) >= 11 is 2.48. The molecule has 0 saturated carbocycles. The highest BCUT2D eigenvalue weighted by Gasteiger charge is 2.18. The van der Waals surface area contributed by atoms with Crippen LogP contribution in [0, 0.1) is 5.92 Å². The summed E-state index contributed by atoms with van der Waals surface area (Å²) in [7, 11) is 0. The monoisotopic (exact) mass is 326 g/mol. The molecule has 2 aromatic heterocycles. The maximum absolute atomic E-state index is 12.7. The van der Waals surface area contributed by atoms with Crippen LogP contribution in [-0.4, -0.2) is 26.4 Å². The number of carboxylic acid groups (broad SMARTS) is 1. The molecular weight excluding hydrogens is 308 g/mol. The number of thiophene rings is 1. The van der Waals surface area contributed by atoms with Gasteiger partial charge < -0.3 is 5.11 Å². The van der Waals surface area contributed by atoms with Gasteiger partial charge in [0.15, 0.2) is 5.16 Å². The lowest BCUT2D eigenvalue weighted by Gasteiger charge is -2.20. The molecule has 5 nitrogen and oxygen atoms in total. The fraction of sp³-hybridized carbons (Fsp3) is 0.500. The molecule has 1 atom stereocenters. The van der Waals surface area contributed by atoms with Gasteiger partial charge in [-0.2, -0.15) is 0 Å². The van der Waals surface area contributed by atoms with Crippen molar-refractivity contribution in [3.63, 3.8) is 0 Å². The molecule has 2 aromatic rings. The number of carbonyl (C=O) groups is 1. The van der Waals surface area contributed by atoms with E-state index in [1.807, 2.05) is 12.3 Å². The van der Waals surface area contributed by atoms with Crippen LogP contribution in [0.15, 0.2) is 21.4 Å². The van der Waals surface area contributed by atoms with Gasteiger partial charge in [0.05, 0.1) is 11.3 Å². The van der Waals surface area contributed by atoms with Crippen molar-refractivity contribution in [2.75, 3.05) is 5.75 Å². The van der Waals surface area contributed by atoms with Crippen molar-refractivity contribution < 1.29 is 9.90 Å². The minimum atomic E-state index is -0.914. The lowest BCUT2D eigenvalue weighted by atomic mass is 10.1. The highest BCUT2D eigenvalue weighted by Crippen LogP contribution is 2.25. The van der Waals surface area contributed by atoms with E-state index < -0.39 is 5.97 Å². The first kappa shape index (κ1) is 16.0. The Bertz CT molecular complexity index is 706. The van der Waals surface area contributed by atoms with Crippen LogP contribution in [0.1, 0.15) is 33.2 Å². The van der Waals surface area contributed by atoms with Crippen LogP contribution in [0.5, 0.6) is 0 Å². The van der Waals surface area contributed by atoms with Crippen LogP contribution in [0.4, 0.5) is 0 Å². The normalized spacial score (nSPS) is 13.0. The van der Waals surface area contributed by atoms with Crippen LogP contribution in [-0.2, 0) is 4.79 Å². The Hall–Kier alpha value is -1.34. The highest BCUT2D eigenvalue weighted by molar-refractivity contribution is 7.99. The second-order valence-corrected chi connectivity index (χ2v) is 7.22. The number of hydrogen-bond acceptors (Lipinski definition) is 5. The van der Waals surface area contributed by atoms with Gasteiger partial charge in [0.25, 0.3) is 5.56 Å². The Morgan fingerprint density at radius 2 is 2.19 bits per heavy atom. The third kappa shape index (κ3) is 3.65. The van der Waals surface area contributed by atoms with Crippen molar-refractivity contribution in [2.45, 2.75) is 38.4 Å². The lowest BCUT2D eigenvalue weighted by molar-refractivity contribution is -0.133. The first-order valence-corrected chi connectivity index (χ1v) is 8.61. The zero-order chi connectivity index (χ0) is 15.6. The third-order valence-corrected chi connectivity index (χ3v) is 4.89. The molecule has 0 aliphatic carbocycles. The Balaban J connectivity index is 2.51. The first-order valence-electron chi connectivity index (χ1n) is 6.74. The Labute approximate surface area is 131 Å². The van der Waals surface area contributed by atoms with E-state index in [4.69, 9.17) is 5.11 Å². The molecule has 1 N–H and O–H groups in total. The van der Waals surface area contributed by atoms with E-state index in [2.05, 4.69) is 18.8 Å². The van der Waals surface area contributed by atoms with Gasteiger partial charge >= 0.3 is 5.97 Å². The van der Waals surface area contributed by atoms with Gasteiger partial charge in [0.1, 0.15) is 4.70 Å². The zero-order valence-electron chi connectivity index (χ0n) is 12.2. The maximum Gasteiger partial charge on any atom is 0.313 e. The van der Waals surface area contributed by atoms with Gasteiger partial charge in [-0.05, 0) is 30.7 Å². The summed E-state index contributed by atoms with van der Waals surface area (Å²) in [6.07, 6.45) is 0.846. The van der Waals surface area contributed by atoms with Crippen LogP contribution in [0.3, 0.4) is 0 Å². The zero-order valence-corrected chi connectivity index (χ0v) is 13.8. The second kappa shape index (κ2) is 6.62. The number of nitrogens with zero attached hydrogens (tertiary/aromatic N) is 2. The molecule has 2 heterocycles. The number of aromatic nitrogens is 2. The van der Waals surface area contributed by atoms with Crippen molar-refractivity contribution in [3.05, 3.63) is 21.8 Å². The van der Waals surface area contributed by atoms with E-state index >= 15 is 0 Å². The summed E-state index contributed by atoms with van der Waals surface area (Å²) < 4.78 is 2.28. The minimum Gasteiger partial charge on any atom is -0.481 e. The lowest BCUT2D eigenvalue weighted by Crippen LogP contribution is -2.26. The molecule has 0 amide bonds. The van der Waals surface area contributed by atoms with Crippen molar-refractivity contribution >= 4 is 39.3 Å². The molecule has 7 heteroatoms. The van der Waals surface area contributed by atoms with Crippen LogP contribution < -0.4 is 5.56 Å². The maximum atomic E-state index is 12.7. The third-order valence-electron chi connectivity index (χ3n) is 3.06. The van der Waals surface area contributed by atoms with Crippen molar-refractivity contribution in [1.82, 2.24) is 9.55 Å². The molecule has 21 heavy (non-hydrogen) atoms. The number of thioether (sulfide) groups is 1. The number of aliphatic carboxylic acids is 1. The van der Waals surface area contributed by atoms with Gasteiger partial charge in [-0.15, -0.1) is 11.3 Å². The fourth-order valence-corrected chi connectivity index (χ4v) is 3.89. The summed E-state index contributed by atoms with van der Waals surface area (Å²) in [6.45, 7) is 6.18. The summed E-state index contributed by atoms with van der Waals surface area (Å²) in [5.41, 5.74) is 0.571. The van der Waals surface area contributed by atoms with Crippen LogP contribution >= 0.6 is 23.1 Å². The molecule has 0 saturated heterocycles. The molecule has 0 aromatic carbocycles. The van der Waals surface area contributed by atoms with Crippen LogP contribution in [0.25, 0.3) is 10.2 Å². The molecular formula is C14H18N2O3S2. The topological polar surface area (TPSA) is 72.2 Å². The summed E-state index contributed by atoms with van der Waals surface area (Å²) in [5, 5.41) is 11.2. The average Bonchev–Trinajstić information content (AvgIpc) is 2.83. The van der Waals surface area contributed by atoms with Gasteiger partial charge in [0, 0.05) is 6.04 Å². The Morgan fingerprint density at radius 3 is 2.81 bits per heavy atom. The second-order valence-electron chi connectivity index (χ2n) is 5.37. The quantitative estimate of drug-likeness (QED) is 0.652. The van der Waals surface area contributed by atoms with E-state index in [-0.39, 0.29) is 17.4 Å². The SMILES string of the molecule is CC(C)CC(C)n1c(SCC(=O)O)nc2ccsc2c1=O. The summed E-state index contributed by atoms with van der Waals surface area (Å²) in [6, 6.07) is 1.79. The molecule has 0 fully saturated rings. The Kier molecular flexibility index (Phi) is 5.05. The minimum absolute atomic E-state index is 0.00667. The molecule has 0 aliphatic rings. The van der Waals surface area contributed by atoms with E-state index in [0.717, 1.165) is 18.2 Å². The van der Waals surface area contributed by atoms with Gasteiger partial charge in [0.2, 0.25) is 0 Å². The van der Waals surface area contributed by atoms with Crippen molar-refractivity contribution in [3.8, 4) is 0 Å². The smallest absolute Gasteiger partial charge is 0.313 e. The van der Waals surface area contributed by atoms with Gasteiger partial charge in [-0.25, -0.2) is 4.98 Å². The van der Waals surface area contributed by atoms with Crippen LogP contribution in [0.2, 0.25) is 0 Å². The number of carboxylic acids is 1. The predicted octanol–water partition coefficient (Wildman–Crippen LogP) is 3.24. The highest BCUT2D eigenvalue weighted by atomic mass is 32.2. The van der Waals surface area contributed by atoms with E-state index in [0.29, 0.717) is 21.3 Å². The summed E-state index contributed by atoms with van der Waals surface area (Å²) in [4.78, 5) is 27.9. The molecule has 0 aliphatic heterocycles. The molecule has 1 unspecified atom stereocenters. The Morgan fingerprint density at radius 1 is 1.48 bits per heavy atom. The molecule has 114 valence electrons. The van der Waals surface area contributed by atoms with E-state index in [1.165, 1.54) is 11.3 Å². The molecule has 0 radical (unpaired) electrons. The number of hydrogen-bond donors (Lipinski definition) is 1. The van der Waals surface area contributed by atoms with Crippen molar-refractivity contribution in [2.24, 2.45) is 5.92 Å². The van der Waals surface area contributed by atoms with E-state index in [9.17, 15) is 9.59 Å². The average molecular weight is 326 g/mol. The van der Waals surface area contributed by atoms with Crippen molar-refractivity contribution in [1.29, 1.82) is 0 Å². The van der Waals surface area contributed by atoms with Gasteiger partial charge in [-0.3, -0.25) is 14.2 Å². The van der Waals surface area contributed by atoms with E-state index in [1.54, 1.807) is 10.6 Å². The molecule has 0 bridgehead atoms. The largest absolute Gasteiger partial charge is 0.481 e. The first-order chi connectivity index (χ1) is 9.90. The predicted molar refractivity (Wildman–Crippen MR) is 86.4 cm³/mol. The number of fused-ring (bicyclic) bond motifs is 1. The molecule has 0 spiro atoms. The fourth-order valence-electron chi connectivity index (χ4n) is 2.31. The standard InChI is InChI=1S/C14H18N2O3S2/c1-8(2)6-9(3)16-13(19)12-10(4-5-20-12)15-14(16)21-7-11(17)18/h4-5,8-9H,6-7H2,1-3H3,(H,17,18). The summed E-state index contributed by atoms with van der Waals surface area (Å²) in [5.74, 6) is -0.567.